The van der Waals surface area contributed by atoms with Gasteiger partial charge >= 0.3 is 0 Å². The number of fused-ring (bicyclic) bond motifs is 1. The lowest BCUT2D eigenvalue weighted by atomic mass is 10.1. The number of anilines is 3. The lowest BCUT2D eigenvalue weighted by Gasteiger charge is -2.44. The second kappa shape index (κ2) is 8.33. The third kappa shape index (κ3) is 3.89. The minimum atomic E-state index is -3.24. The molecule has 1 atom stereocenters. The van der Waals surface area contributed by atoms with Crippen LogP contribution in [0.3, 0.4) is 0 Å². The van der Waals surface area contributed by atoms with E-state index >= 15 is 0 Å². The molecular weight excluding hydrogens is 444 g/mol. The second-order valence-electron chi connectivity index (χ2n) is 9.13. The van der Waals surface area contributed by atoms with Gasteiger partial charge in [0.2, 0.25) is 21.9 Å². The summed E-state index contributed by atoms with van der Waals surface area (Å²) in [5, 5.41) is -0.418. The summed E-state index contributed by atoms with van der Waals surface area (Å²) in [6, 6.07) is 0.248. The molecule has 0 spiro atoms. The van der Waals surface area contributed by atoms with Gasteiger partial charge in [0, 0.05) is 49.7 Å². The van der Waals surface area contributed by atoms with Crippen LogP contribution in [0.4, 0.5) is 17.7 Å². The van der Waals surface area contributed by atoms with Crippen LogP contribution < -0.4 is 15.5 Å². The van der Waals surface area contributed by atoms with Crippen molar-refractivity contribution in [1.82, 2.24) is 24.2 Å². The van der Waals surface area contributed by atoms with Gasteiger partial charge < -0.3 is 20.3 Å². The zero-order chi connectivity index (χ0) is 23.3. The molecule has 3 aliphatic heterocycles. The number of aromatic nitrogens is 4. The summed E-state index contributed by atoms with van der Waals surface area (Å²) < 4.78 is 32.2. The molecule has 5 heterocycles. The highest BCUT2D eigenvalue weighted by Gasteiger charge is 2.43. The molecule has 1 unspecified atom stereocenters. The summed E-state index contributed by atoms with van der Waals surface area (Å²) in [4.78, 5) is 22.6. The highest BCUT2D eigenvalue weighted by atomic mass is 32.2. The smallest absolute Gasteiger partial charge is 0.228 e. The van der Waals surface area contributed by atoms with Gasteiger partial charge in [0.1, 0.15) is 5.82 Å². The number of sulfonamides is 1. The second-order valence-corrected chi connectivity index (χ2v) is 11.6. The molecule has 0 aromatic carbocycles. The molecular formula is C21H30N8O3S. The third-order valence-electron chi connectivity index (χ3n) is 6.64. The zero-order valence-electron chi connectivity index (χ0n) is 19.2. The molecule has 2 fully saturated rings. The first-order valence-electron chi connectivity index (χ1n) is 11.3. The Bertz CT molecular complexity index is 1130. The van der Waals surface area contributed by atoms with Crippen molar-refractivity contribution in [2.24, 2.45) is 0 Å². The van der Waals surface area contributed by atoms with E-state index in [1.54, 1.807) is 30.5 Å². The molecule has 11 nitrogen and oxygen atoms in total. The van der Waals surface area contributed by atoms with Crippen LogP contribution in [-0.2, 0) is 21.2 Å². The van der Waals surface area contributed by atoms with E-state index in [2.05, 4.69) is 26.7 Å². The van der Waals surface area contributed by atoms with Gasteiger partial charge in [-0.05, 0) is 27.2 Å². The van der Waals surface area contributed by atoms with Crippen molar-refractivity contribution in [3.8, 4) is 11.3 Å². The molecule has 5 rings (SSSR count). The highest BCUT2D eigenvalue weighted by molar-refractivity contribution is 7.89. The van der Waals surface area contributed by atoms with Crippen molar-refractivity contribution in [2.45, 2.75) is 44.5 Å². The van der Waals surface area contributed by atoms with Crippen molar-refractivity contribution in [3.05, 3.63) is 18.0 Å². The summed E-state index contributed by atoms with van der Waals surface area (Å²) >= 11 is 0. The van der Waals surface area contributed by atoms with Gasteiger partial charge in [0.15, 0.2) is 0 Å². The van der Waals surface area contributed by atoms with Crippen LogP contribution in [0.25, 0.3) is 11.3 Å². The molecule has 3 aliphatic rings. The number of nitrogen functional groups attached to an aromatic ring is 1. The van der Waals surface area contributed by atoms with E-state index in [1.807, 2.05) is 0 Å². The lowest BCUT2D eigenvalue weighted by molar-refractivity contribution is 0.0981. The van der Waals surface area contributed by atoms with Gasteiger partial charge in [0.25, 0.3) is 0 Å². The maximum atomic E-state index is 12.5. The van der Waals surface area contributed by atoms with Gasteiger partial charge in [-0.25, -0.2) is 23.4 Å². The maximum absolute atomic E-state index is 12.5. The number of hydrogen-bond donors (Lipinski definition) is 1. The predicted molar refractivity (Wildman–Crippen MR) is 126 cm³/mol. The summed E-state index contributed by atoms with van der Waals surface area (Å²) in [5.41, 5.74) is 8.34. The molecule has 0 saturated carbocycles. The van der Waals surface area contributed by atoms with Crippen LogP contribution in [0.2, 0.25) is 0 Å². The van der Waals surface area contributed by atoms with Crippen LogP contribution in [0, 0.1) is 0 Å². The first-order chi connectivity index (χ1) is 15.8. The Labute approximate surface area is 194 Å². The Morgan fingerprint density at radius 2 is 1.85 bits per heavy atom. The van der Waals surface area contributed by atoms with Crippen LogP contribution in [0.15, 0.2) is 12.4 Å². The van der Waals surface area contributed by atoms with Crippen LogP contribution in [0.1, 0.15) is 26.3 Å². The van der Waals surface area contributed by atoms with Crippen molar-refractivity contribution in [2.75, 3.05) is 54.9 Å². The first kappa shape index (κ1) is 22.2. The quantitative estimate of drug-likeness (QED) is 0.654. The Hall–Kier alpha value is -2.57. The van der Waals surface area contributed by atoms with Gasteiger partial charge in [0.05, 0.1) is 36.2 Å². The van der Waals surface area contributed by atoms with Gasteiger partial charge in [-0.3, -0.25) is 0 Å². The van der Waals surface area contributed by atoms with E-state index < -0.39 is 15.3 Å². The van der Waals surface area contributed by atoms with E-state index in [-0.39, 0.29) is 18.0 Å². The van der Waals surface area contributed by atoms with E-state index in [0.717, 1.165) is 35.6 Å². The number of ether oxygens (including phenoxy) is 1. The molecule has 2 aromatic heterocycles. The number of hydrogen-bond acceptors (Lipinski definition) is 10. The Balaban J connectivity index is 1.51. The molecule has 2 N–H and O–H groups in total. The van der Waals surface area contributed by atoms with Crippen LogP contribution in [0.5, 0.6) is 0 Å². The maximum Gasteiger partial charge on any atom is 0.228 e. The van der Waals surface area contributed by atoms with Crippen molar-refractivity contribution in [1.29, 1.82) is 0 Å². The average molecular weight is 475 g/mol. The fourth-order valence-corrected chi connectivity index (χ4v) is 5.95. The lowest BCUT2D eigenvalue weighted by Crippen LogP contribution is -2.62. The van der Waals surface area contributed by atoms with Gasteiger partial charge in [-0.2, -0.15) is 9.29 Å². The molecule has 0 aliphatic carbocycles. The van der Waals surface area contributed by atoms with Crippen molar-refractivity contribution >= 4 is 27.7 Å². The molecule has 0 amide bonds. The summed E-state index contributed by atoms with van der Waals surface area (Å²) in [5.74, 6) is 1.74. The molecule has 0 radical (unpaired) electrons. The molecule has 0 bridgehead atoms. The standard InChI is InChI=1S/C21H30N8O3S/c1-13(2)33(30,31)27-10-16(11-27)29-5-4-17-18(15-8-23-20(22)24-9-15)25-21(26-19(17)29)28-6-7-32-12-14(28)3/h8-9,13-14,16H,4-7,10-12H2,1-3H3,(H2,22,23,24). The summed E-state index contributed by atoms with van der Waals surface area (Å²) in [6.07, 6.45) is 4.17. The molecule has 12 heteroatoms. The zero-order valence-corrected chi connectivity index (χ0v) is 20.0. The highest BCUT2D eigenvalue weighted by Crippen LogP contribution is 2.38. The van der Waals surface area contributed by atoms with Crippen molar-refractivity contribution < 1.29 is 13.2 Å². The normalized spacial score (nSPS) is 22.0. The van der Waals surface area contributed by atoms with E-state index in [4.69, 9.17) is 20.4 Å². The van der Waals surface area contributed by atoms with Crippen LogP contribution >= 0.6 is 0 Å². The summed E-state index contributed by atoms with van der Waals surface area (Å²) in [6.45, 7) is 9.22. The number of rotatable bonds is 5. The minimum Gasteiger partial charge on any atom is -0.377 e. The number of nitrogens with zero attached hydrogens (tertiary/aromatic N) is 7. The molecule has 2 saturated heterocycles. The number of nitrogens with two attached hydrogens (primary N) is 1. The van der Waals surface area contributed by atoms with Gasteiger partial charge in [-0.15, -0.1) is 0 Å². The Morgan fingerprint density at radius 1 is 1.12 bits per heavy atom. The largest absolute Gasteiger partial charge is 0.377 e. The Morgan fingerprint density at radius 3 is 2.52 bits per heavy atom. The predicted octanol–water partition coefficient (Wildman–Crippen LogP) is 0.526. The van der Waals surface area contributed by atoms with E-state index in [9.17, 15) is 8.42 Å². The fourth-order valence-electron chi connectivity index (χ4n) is 4.59. The minimum absolute atomic E-state index is 0.0974. The van der Waals surface area contributed by atoms with Crippen LogP contribution in [-0.4, -0.2) is 89.4 Å². The van der Waals surface area contributed by atoms with Crippen molar-refractivity contribution in [3.63, 3.8) is 0 Å². The van der Waals surface area contributed by atoms with E-state index in [1.165, 1.54) is 0 Å². The van der Waals surface area contributed by atoms with E-state index in [0.29, 0.717) is 38.8 Å². The third-order valence-corrected chi connectivity index (χ3v) is 8.85. The fraction of sp³-hybridized carbons (Fsp3) is 0.619. The summed E-state index contributed by atoms with van der Waals surface area (Å²) in [7, 11) is -3.24. The van der Waals surface area contributed by atoms with Gasteiger partial charge in [-0.1, -0.05) is 0 Å². The molecule has 2 aromatic rings. The number of morpholine rings is 1. The SMILES string of the molecule is CC1COCCN1c1nc(-c2cnc(N)nc2)c2c(n1)N(C1CN(S(=O)(=O)C(C)C)C1)CC2. The topological polar surface area (TPSA) is 131 Å². The molecule has 33 heavy (non-hydrogen) atoms. The molecule has 178 valence electrons. The average Bonchev–Trinajstić information content (AvgIpc) is 3.16. The Kier molecular flexibility index (Phi) is 5.61. The monoisotopic (exact) mass is 474 g/mol. The first-order valence-corrected chi connectivity index (χ1v) is 12.8.